The first-order chi connectivity index (χ1) is 10.8. The summed E-state index contributed by atoms with van der Waals surface area (Å²) in [5, 5.41) is 2.39. The van der Waals surface area contributed by atoms with E-state index in [1.807, 2.05) is 48.5 Å². The summed E-state index contributed by atoms with van der Waals surface area (Å²) in [6.45, 7) is 1.52. The van der Waals surface area contributed by atoms with Gasteiger partial charge in [0, 0.05) is 6.54 Å². The standard InChI is InChI=1S/C19H19NO2/c20-14-15-4-3-7-18(12-15)21-10-11-22-19-9-8-16-5-1-2-6-17(16)13-19/h1-9,12-13H,10-11,14,20H2. The van der Waals surface area contributed by atoms with Crippen molar-refractivity contribution in [1.29, 1.82) is 0 Å². The van der Waals surface area contributed by atoms with Crippen molar-refractivity contribution < 1.29 is 9.47 Å². The average molecular weight is 293 g/mol. The van der Waals surface area contributed by atoms with E-state index < -0.39 is 0 Å². The first kappa shape index (κ1) is 14.4. The van der Waals surface area contributed by atoms with Gasteiger partial charge in [-0.25, -0.2) is 0 Å². The Bertz CT molecular complexity index is 755. The van der Waals surface area contributed by atoms with Crippen molar-refractivity contribution in [2.75, 3.05) is 13.2 Å². The van der Waals surface area contributed by atoms with Crippen LogP contribution in [0.1, 0.15) is 5.56 Å². The summed E-state index contributed by atoms with van der Waals surface area (Å²) in [6, 6.07) is 22.1. The Morgan fingerprint density at radius 2 is 1.41 bits per heavy atom. The summed E-state index contributed by atoms with van der Waals surface area (Å²) in [4.78, 5) is 0. The van der Waals surface area contributed by atoms with Gasteiger partial charge in [0.05, 0.1) is 0 Å². The van der Waals surface area contributed by atoms with Crippen LogP contribution in [-0.4, -0.2) is 13.2 Å². The average Bonchev–Trinajstić information content (AvgIpc) is 2.59. The maximum Gasteiger partial charge on any atom is 0.122 e. The summed E-state index contributed by atoms with van der Waals surface area (Å²) < 4.78 is 11.4. The summed E-state index contributed by atoms with van der Waals surface area (Å²) >= 11 is 0. The molecule has 3 heteroatoms. The van der Waals surface area contributed by atoms with E-state index in [0.29, 0.717) is 19.8 Å². The number of benzene rings is 3. The number of ether oxygens (including phenoxy) is 2. The SMILES string of the molecule is NCc1cccc(OCCOc2ccc3ccccc3c2)c1. The predicted molar refractivity (Wildman–Crippen MR) is 89.3 cm³/mol. The lowest BCUT2D eigenvalue weighted by molar-refractivity contribution is 0.217. The largest absolute Gasteiger partial charge is 0.490 e. The minimum atomic E-state index is 0.501. The van der Waals surface area contributed by atoms with Crippen LogP contribution in [0.25, 0.3) is 10.8 Å². The fraction of sp³-hybridized carbons (Fsp3) is 0.158. The third-order valence-corrected chi connectivity index (χ3v) is 3.48. The van der Waals surface area contributed by atoms with Crippen LogP contribution >= 0.6 is 0 Å². The molecular formula is C19H19NO2. The minimum Gasteiger partial charge on any atom is -0.490 e. The number of fused-ring (bicyclic) bond motifs is 1. The zero-order valence-corrected chi connectivity index (χ0v) is 12.4. The molecule has 0 atom stereocenters. The van der Waals surface area contributed by atoms with Gasteiger partial charge in [-0.3, -0.25) is 0 Å². The van der Waals surface area contributed by atoms with Crippen LogP contribution in [0.5, 0.6) is 11.5 Å². The summed E-state index contributed by atoms with van der Waals surface area (Å²) in [5.41, 5.74) is 6.68. The molecule has 22 heavy (non-hydrogen) atoms. The maximum atomic E-state index is 5.74. The molecule has 0 aliphatic heterocycles. The molecule has 0 saturated heterocycles. The monoisotopic (exact) mass is 293 g/mol. The number of hydrogen-bond acceptors (Lipinski definition) is 3. The van der Waals surface area contributed by atoms with Gasteiger partial charge in [-0.15, -0.1) is 0 Å². The Labute approximate surface area is 130 Å². The van der Waals surface area contributed by atoms with Gasteiger partial charge in [0.25, 0.3) is 0 Å². The van der Waals surface area contributed by atoms with E-state index in [2.05, 4.69) is 18.2 Å². The molecule has 0 bridgehead atoms. The molecule has 0 aromatic heterocycles. The second-order valence-corrected chi connectivity index (χ2v) is 5.06. The van der Waals surface area contributed by atoms with Crippen molar-refractivity contribution in [1.82, 2.24) is 0 Å². The van der Waals surface area contributed by atoms with Crippen molar-refractivity contribution in [3.05, 3.63) is 72.3 Å². The van der Waals surface area contributed by atoms with Crippen LogP contribution in [0.15, 0.2) is 66.7 Å². The molecule has 112 valence electrons. The van der Waals surface area contributed by atoms with E-state index >= 15 is 0 Å². The lowest BCUT2D eigenvalue weighted by Gasteiger charge is -2.10. The molecule has 2 N–H and O–H groups in total. The highest BCUT2D eigenvalue weighted by molar-refractivity contribution is 5.83. The smallest absolute Gasteiger partial charge is 0.122 e. The number of hydrogen-bond donors (Lipinski definition) is 1. The predicted octanol–water partition coefficient (Wildman–Crippen LogP) is 3.76. The van der Waals surface area contributed by atoms with E-state index in [0.717, 1.165) is 17.1 Å². The van der Waals surface area contributed by atoms with Crippen molar-refractivity contribution in [3.8, 4) is 11.5 Å². The maximum absolute atomic E-state index is 5.74. The molecule has 0 spiro atoms. The van der Waals surface area contributed by atoms with Crippen LogP contribution in [0.4, 0.5) is 0 Å². The molecule has 3 nitrogen and oxygen atoms in total. The third-order valence-electron chi connectivity index (χ3n) is 3.48. The lowest BCUT2D eigenvalue weighted by atomic mass is 10.1. The molecule has 3 aromatic rings. The molecule has 0 radical (unpaired) electrons. The van der Waals surface area contributed by atoms with Gasteiger partial charge in [-0.05, 0) is 40.6 Å². The third kappa shape index (κ3) is 3.57. The minimum absolute atomic E-state index is 0.501. The molecular weight excluding hydrogens is 274 g/mol. The summed E-state index contributed by atoms with van der Waals surface area (Å²) in [5.74, 6) is 1.68. The van der Waals surface area contributed by atoms with E-state index in [-0.39, 0.29) is 0 Å². The van der Waals surface area contributed by atoms with Gasteiger partial charge in [0.15, 0.2) is 0 Å². The molecule has 0 saturated carbocycles. The van der Waals surface area contributed by atoms with Crippen LogP contribution in [-0.2, 0) is 6.54 Å². The van der Waals surface area contributed by atoms with Gasteiger partial charge < -0.3 is 15.2 Å². The molecule has 0 aliphatic carbocycles. The molecule has 0 amide bonds. The Morgan fingerprint density at radius 1 is 0.682 bits per heavy atom. The Morgan fingerprint density at radius 3 is 2.18 bits per heavy atom. The number of nitrogens with two attached hydrogens (primary N) is 1. The van der Waals surface area contributed by atoms with Crippen LogP contribution in [0, 0.1) is 0 Å². The zero-order valence-electron chi connectivity index (χ0n) is 12.4. The topological polar surface area (TPSA) is 44.5 Å². The fourth-order valence-corrected chi connectivity index (χ4v) is 2.34. The Balaban J connectivity index is 1.53. The first-order valence-corrected chi connectivity index (χ1v) is 7.38. The Kier molecular flexibility index (Phi) is 4.56. The van der Waals surface area contributed by atoms with Gasteiger partial charge in [-0.2, -0.15) is 0 Å². The second kappa shape index (κ2) is 6.96. The highest BCUT2D eigenvalue weighted by Crippen LogP contribution is 2.20. The Hall–Kier alpha value is -2.52. The van der Waals surface area contributed by atoms with Crippen molar-refractivity contribution in [2.45, 2.75) is 6.54 Å². The van der Waals surface area contributed by atoms with Gasteiger partial charge in [0.1, 0.15) is 24.7 Å². The van der Waals surface area contributed by atoms with E-state index in [9.17, 15) is 0 Å². The van der Waals surface area contributed by atoms with Crippen LogP contribution < -0.4 is 15.2 Å². The molecule has 0 fully saturated rings. The van der Waals surface area contributed by atoms with Gasteiger partial charge >= 0.3 is 0 Å². The van der Waals surface area contributed by atoms with E-state index in [1.165, 1.54) is 10.8 Å². The molecule has 0 unspecified atom stereocenters. The second-order valence-electron chi connectivity index (χ2n) is 5.06. The molecule has 3 aromatic carbocycles. The molecule has 3 rings (SSSR count). The van der Waals surface area contributed by atoms with E-state index in [1.54, 1.807) is 0 Å². The van der Waals surface area contributed by atoms with E-state index in [4.69, 9.17) is 15.2 Å². The molecule has 0 heterocycles. The quantitative estimate of drug-likeness (QED) is 0.704. The highest BCUT2D eigenvalue weighted by Gasteiger charge is 1.99. The zero-order chi connectivity index (χ0) is 15.2. The van der Waals surface area contributed by atoms with Gasteiger partial charge in [-0.1, -0.05) is 42.5 Å². The summed E-state index contributed by atoms with van der Waals surface area (Å²) in [7, 11) is 0. The fourth-order valence-electron chi connectivity index (χ4n) is 2.34. The summed E-state index contributed by atoms with van der Waals surface area (Å²) in [6.07, 6.45) is 0. The normalized spacial score (nSPS) is 10.6. The van der Waals surface area contributed by atoms with Gasteiger partial charge in [0.2, 0.25) is 0 Å². The van der Waals surface area contributed by atoms with Crippen molar-refractivity contribution in [2.24, 2.45) is 5.73 Å². The number of rotatable bonds is 6. The molecule has 0 aliphatic rings. The van der Waals surface area contributed by atoms with Crippen molar-refractivity contribution >= 4 is 10.8 Å². The van der Waals surface area contributed by atoms with Crippen LogP contribution in [0.3, 0.4) is 0 Å². The van der Waals surface area contributed by atoms with Crippen LogP contribution in [0.2, 0.25) is 0 Å². The highest BCUT2D eigenvalue weighted by atomic mass is 16.5. The first-order valence-electron chi connectivity index (χ1n) is 7.38. The van der Waals surface area contributed by atoms with Crippen molar-refractivity contribution in [3.63, 3.8) is 0 Å². The lowest BCUT2D eigenvalue weighted by Crippen LogP contribution is -2.09.